The SMILES string of the molecule is CCOc1ccc(NC(=O)C[C@@H]2C(=O)N(C)C(=S)N2NC(=O)c2ccc(Br)cc2)cc1. The molecule has 1 heterocycles. The summed E-state index contributed by atoms with van der Waals surface area (Å²) >= 11 is 8.61. The standard InChI is InChI=1S/C21H21BrN4O4S/c1-3-30-16-10-8-15(9-11-16)23-18(27)12-17-20(29)25(2)21(31)26(17)24-19(28)13-4-6-14(22)7-5-13/h4-11,17H,3,12H2,1-2H3,(H,23,27)(H,24,28)/t17-/m1/s1. The fraction of sp³-hybridized carbons (Fsp3) is 0.238. The highest BCUT2D eigenvalue weighted by atomic mass is 79.9. The Kier molecular flexibility index (Phi) is 7.24. The van der Waals surface area contributed by atoms with Crippen LogP contribution in [0, 0.1) is 0 Å². The van der Waals surface area contributed by atoms with Crippen LogP contribution in [-0.2, 0) is 9.59 Å². The summed E-state index contributed by atoms with van der Waals surface area (Å²) in [5.74, 6) is -0.499. The number of carbonyl (C=O) groups excluding carboxylic acids is 3. The lowest BCUT2D eigenvalue weighted by molar-refractivity contribution is -0.130. The van der Waals surface area contributed by atoms with Gasteiger partial charge in [0, 0.05) is 22.8 Å². The summed E-state index contributed by atoms with van der Waals surface area (Å²) < 4.78 is 6.21. The molecule has 1 fully saturated rings. The van der Waals surface area contributed by atoms with Crippen molar-refractivity contribution in [1.82, 2.24) is 15.3 Å². The summed E-state index contributed by atoms with van der Waals surface area (Å²) in [5, 5.41) is 4.13. The van der Waals surface area contributed by atoms with E-state index in [1.54, 1.807) is 48.5 Å². The number of benzene rings is 2. The Bertz CT molecular complexity index is 997. The van der Waals surface area contributed by atoms with Gasteiger partial charge in [0.15, 0.2) is 5.11 Å². The zero-order valence-corrected chi connectivity index (χ0v) is 19.3. The number of nitrogens with zero attached hydrogens (tertiary/aromatic N) is 2. The van der Waals surface area contributed by atoms with Crippen molar-refractivity contribution in [3.8, 4) is 5.75 Å². The van der Waals surface area contributed by atoms with Crippen molar-refractivity contribution in [2.24, 2.45) is 0 Å². The molecule has 31 heavy (non-hydrogen) atoms. The van der Waals surface area contributed by atoms with Gasteiger partial charge in [0.1, 0.15) is 11.8 Å². The molecular weight excluding hydrogens is 484 g/mol. The number of halogens is 1. The zero-order valence-electron chi connectivity index (χ0n) is 16.9. The number of hydrogen-bond acceptors (Lipinski definition) is 5. The minimum absolute atomic E-state index is 0.120. The lowest BCUT2D eigenvalue weighted by Gasteiger charge is -2.24. The van der Waals surface area contributed by atoms with Crippen molar-refractivity contribution in [3.63, 3.8) is 0 Å². The van der Waals surface area contributed by atoms with Crippen LogP contribution in [-0.4, -0.2) is 52.4 Å². The summed E-state index contributed by atoms with van der Waals surface area (Å²) in [6.45, 7) is 2.43. The second kappa shape index (κ2) is 9.88. The molecule has 0 unspecified atom stereocenters. The van der Waals surface area contributed by atoms with Crippen LogP contribution >= 0.6 is 28.1 Å². The smallest absolute Gasteiger partial charge is 0.269 e. The highest BCUT2D eigenvalue weighted by molar-refractivity contribution is 9.10. The number of rotatable bonds is 7. The first-order chi connectivity index (χ1) is 14.8. The molecule has 3 amide bonds. The molecule has 1 aliphatic rings. The van der Waals surface area contributed by atoms with Crippen LogP contribution in [0.2, 0.25) is 0 Å². The minimum atomic E-state index is -0.945. The first-order valence-corrected chi connectivity index (χ1v) is 10.7. The zero-order chi connectivity index (χ0) is 22.5. The number of carbonyl (C=O) groups is 3. The molecule has 0 spiro atoms. The van der Waals surface area contributed by atoms with Gasteiger partial charge in [-0.2, -0.15) is 0 Å². The molecule has 162 valence electrons. The van der Waals surface area contributed by atoms with Gasteiger partial charge in [-0.25, -0.2) is 5.01 Å². The largest absolute Gasteiger partial charge is 0.494 e. The summed E-state index contributed by atoms with van der Waals surface area (Å²) in [4.78, 5) is 39.1. The van der Waals surface area contributed by atoms with Crippen molar-refractivity contribution >= 4 is 56.7 Å². The van der Waals surface area contributed by atoms with Crippen LogP contribution < -0.4 is 15.5 Å². The van der Waals surface area contributed by atoms with Crippen molar-refractivity contribution in [1.29, 1.82) is 0 Å². The molecular formula is C21H21BrN4O4S. The number of anilines is 1. The van der Waals surface area contributed by atoms with Gasteiger partial charge in [0.05, 0.1) is 13.0 Å². The van der Waals surface area contributed by atoms with Crippen LogP contribution in [0.3, 0.4) is 0 Å². The third-order valence-electron chi connectivity index (χ3n) is 4.58. The fourth-order valence-corrected chi connectivity index (χ4v) is 3.52. The van der Waals surface area contributed by atoms with Crippen molar-refractivity contribution < 1.29 is 19.1 Å². The van der Waals surface area contributed by atoms with Crippen LogP contribution in [0.1, 0.15) is 23.7 Å². The minimum Gasteiger partial charge on any atom is -0.494 e. The molecule has 2 aromatic rings. The van der Waals surface area contributed by atoms with Crippen LogP contribution in [0.5, 0.6) is 5.75 Å². The van der Waals surface area contributed by atoms with Gasteiger partial charge in [0.2, 0.25) is 5.91 Å². The molecule has 8 nitrogen and oxygen atoms in total. The average Bonchev–Trinajstić information content (AvgIpc) is 2.94. The monoisotopic (exact) mass is 504 g/mol. The highest BCUT2D eigenvalue weighted by Crippen LogP contribution is 2.20. The number of thiocarbonyl (C=S) groups is 1. The van der Waals surface area contributed by atoms with Gasteiger partial charge in [-0.1, -0.05) is 15.9 Å². The predicted octanol–water partition coefficient (Wildman–Crippen LogP) is 2.95. The molecule has 1 saturated heterocycles. The predicted molar refractivity (Wildman–Crippen MR) is 123 cm³/mol. The molecule has 1 aliphatic heterocycles. The van der Waals surface area contributed by atoms with Gasteiger partial charge < -0.3 is 10.1 Å². The Balaban J connectivity index is 1.68. The third kappa shape index (κ3) is 5.39. The van der Waals surface area contributed by atoms with Gasteiger partial charge in [-0.05, 0) is 67.7 Å². The van der Waals surface area contributed by atoms with E-state index in [1.807, 2.05) is 6.92 Å². The lowest BCUT2D eigenvalue weighted by Crippen LogP contribution is -2.49. The number of nitrogens with one attached hydrogen (secondary N) is 2. The summed E-state index contributed by atoms with van der Waals surface area (Å²) in [7, 11) is 1.51. The second-order valence-corrected chi connectivity index (χ2v) is 8.00. The van der Waals surface area contributed by atoms with Gasteiger partial charge >= 0.3 is 0 Å². The molecule has 0 aromatic heterocycles. The third-order valence-corrected chi connectivity index (χ3v) is 5.58. The molecule has 2 aromatic carbocycles. The molecule has 3 rings (SSSR count). The topological polar surface area (TPSA) is 91.0 Å². The fourth-order valence-electron chi connectivity index (χ4n) is 2.99. The van der Waals surface area contributed by atoms with E-state index in [1.165, 1.54) is 17.0 Å². The molecule has 0 saturated carbocycles. The van der Waals surface area contributed by atoms with E-state index in [0.717, 1.165) is 4.47 Å². The quantitative estimate of drug-likeness (QED) is 0.563. The average molecular weight is 505 g/mol. The van der Waals surface area contributed by atoms with Crippen molar-refractivity contribution in [2.75, 3.05) is 19.0 Å². The van der Waals surface area contributed by atoms with E-state index in [0.29, 0.717) is 23.6 Å². The van der Waals surface area contributed by atoms with E-state index in [-0.39, 0.29) is 23.3 Å². The Labute approximate surface area is 193 Å². The number of ether oxygens (including phenoxy) is 1. The summed E-state index contributed by atoms with van der Waals surface area (Å²) in [6, 6.07) is 12.7. The van der Waals surface area contributed by atoms with Crippen molar-refractivity contribution in [2.45, 2.75) is 19.4 Å². The molecule has 1 atom stereocenters. The van der Waals surface area contributed by atoms with Gasteiger partial charge in [-0.15, -0.1) is 0 Å². The van der Waals surface area contributed by atoms with Crippen molar-refractivity contribution in [3.05, 3.63) is 58.6 Å². The van der Waals surface area contributed by atoms with Crippen LogP contribution in [0.4, 0.5) is 5.69 Å². The molecule has 0 radical (unpaired) electrons. The first-order valence-electron chi connectivity index (χ1n) is 9.50. The first kappa shape index (κ1) is 22.7. The molecule has 0 aliphatic carbocycles. The Morgan fingerprint density at radius 2 is 1.77 bits per heavy atom. The highest BCUT2D eigenvalue weighted by Gasteiger charge is 2.42. The van der Waals surface area contributed by atoms with E-state index >= 15 is 0 Å². The summed E-state index contributed by atoms with van der Waals surface area (Å²) in [5.41, 5.74) is 3.61. The maximum absolute atomic E-state index is 12.6. The molecule has 0 bridgehead atoms. The van der Waals surface area contributed by atoms with Gasteiger partial charge in [0.25, 0.3) is 11.8 Å². The molecule has 10 heteroatoms. The number of likely N-dealkylation sites (N-methyl/N-ethyl adjacent to an activating group) is 1. The van der Waals surface area contributed by atoms with E-state index < -0.39 is 11.9 Å². The Morgan fingerprint density at radius 3 is 2.39 bits per heavy atom. The number of hydrazine groups is 1. The summed E-state index contributed by atoms with van der Waals surface area (Å²) in [6.07, 6.45) is -0.183. The van der Waals surface area contributed by atoms with E-state index in [2.05, 4.69) is 26.7 Å². The normalized spacial score (nSPS) is 15.8. The van der Waals surface area contributed by atoms with E-state index in [4.69, 9.17) is 17.0 Å². The lowest BCUT2D eigenvalue weighted by atomic mass is 10.2. The number of hydrogen-bond donors (Lipinski definition) is 2. The Hall–Kier alpha value is -2.98. The second-order valence-electron chi connectivity index (χ2n) is 6.72. The van der Waals surface area contributed by atoms with Gasteiger partial charge in [-0.3, -0.25) is 24.7 Å². The van der Waals surface area contributed by atoms with E-state index in [9.17, 15) is 14.4 Å². The molecule has 2 N–H and O–H groups in total. The maximum Gasteiger partial charge on any atom is 0.269 e. The number of amides is 3. The maximum atomic E-state index is 12.6. The Morgan fingerprint density at radius 1 is 1.13 bits per heavy atom. The van der Waals surface area contributed by atoms with Crippen LogP contribution in [0.15, 0.2) is 53.0 Å². The van der Waals surface area contributed by atoms with Crippen LogP contribution in [0.25, 0.3) is 0 Å².